The summed E-state index contributed by atoms with van der Waals surface area (Å²) >= 11 is 0. The van der Waals surface area contributed by atoms with Gasteiger partial charge in [0.15, 0.2) is 0 Å². The van der Waals surface area contributed by atoms with Gasteiger partial charge in [0.2, 0.25) is 11.8 Å². The fourth-order valence-corrected chi connectivity index (χ4v) is 4.01. The first kappa shape index (κ1) is 16.6. The van der Waals surface area contributed by atoms with E-state index in [0.29, 0.717) is 19.5 Å². The number of carbonyl (C=O) groups excluding carboxylic acids is 2. The van der Waals surface area contributed by atoms with Crippen LogP contribution in [-0.2, 0) is 16.0 Å². The van der Waals surface area contributed by atoms with Crippen molar-refractivity contribution in [2.45, 2.75) is 19.4 Å². The zero-order chi connectivity index (χ0) is 18.1. The number of hydrogen-bond donors (Lipinski definition) is 0. The normalized spacial score (nSPS) is 19.4. The lowest BCUT2D eigenvalue weighted by Crippen LogP contribution is -2.55. The first-order chi connectivity index (χ1) is 12.6. The summed E-state index contributed by atoms with van der Waals surface area (Å²) in [5, 5.41) is 0. The van der Waals surface area contributed by atoms with Crippen LogP contribution in [0.25, 0.3) is 0 Å². The second kappa shape index (κ2) is 6.83. The first-order valence-corrected chi connectivity index (χ1v) is 9.11. The average molecular weight is 349 g/mol. The average Bonchev–Trinajstić information content (AvgIpc) is 3.08. The summed E-state index contributed by atoms with van der Waals surface area (Å²) in [7, 11) is 0. The van der Waals surface area contributed by atoms with E-state index in [4.69, 9.17) is 0 Å². The SMILES string of the molecule is CC(=O)N1c2ccccc2C[C@H]1C(=O)N1CCN(c2ccccc2)CC1. The van der Waals surface area contributed by atoms with Gasteiger partial charge in [0, 0.05) is 50.9 Å². The molecule has 2 aromatic carbocycles. The monoisotopic (exact) mass is 349 g/mol. The number of piperazine rings is 1. The molecule has 2 aromatic rings. The standard InChI is InChI=1S/C21H23N3O2/c1-16(25)24-19-10-6-5-7-17(19)15-20(24)21(26)23-13-11-22(12-14-23)18-8-3-2-4-9-18/h2-10,20H,11-15H2,1H3/t20-/m0/s1. The molecule has 0 bridgehead atoms. The van der Waals surface area contributed by atoms with Crippen molar-refractivity contribution in [3.05, 3.63) is 60.2 Å². The molecule has 0 spiro atoms. The molecule has 2 heterocycles. The zero-order valence-corrected chi connectivity index (χ0v) is 15.0. The van der Waals surface area contributed by atoms with Gasteiger partial charge in [-0.05, 0) is 23.8 Å². The Bertz CT molecular complexity index is 813. The lowest BCUT2D eigenvalue weighted by molar-refractivity contribution is -0.134. The number of amides is 2. The van der Waals surface area contributed by atoms with E-state index in [2.05, 4.69) is 17.0 Å². The Labute approximate surface area is 153 Å². The number of fused-ring (bicyclic) bond motifs is 1. The van der Waals surface area contributed by atoms with Crippen LogP contribution >= 0.6 is 0 Å². The highest BCUT2D eigenvalue weighted by Crippen LogP contribution is 2.33. The van der Waals surface area contributed by atoms with Crippen LogP contribution < -0.4 is 9.80 Å². The predicted molar refractivity (Wildman–Crippen MR) is 102 cm³/mol. The van der Waals surface area contributed by atoms with Crippen molar-refractivity contribution in [1.82, 2.24) is 4.90 Å². The molecule has 4 rings (SSSR count). The van der Waals surface area contributed by atoms with Gasteiger partial charge in [-0.2, -0.15) is 0 Å². The second-order valence-electron chi connectivity index (χ2n) is 6.89. The molecule has 0 radical (unpaired) electrons. The van der Waals surface area contributed by atoms with E-state index in [1.54, 1.807) is 4.90 Å². The van der Waals surface area contributed by atoms with Crippen molar-refractivity contribution in [2.24, 2.45) is 0 Å². The second-order valence-corrected chi connectivity index (χ2v) is 6.89. The van der Waals surface area contributed by atoms with Crippen molar-refractivity contribution in [3.8, 4) is 0 Å². The van der Waals surface area contributed by atoms with Crippen molar-refractivity contribution >= 4 is 23.2 Å². The minimum absolute atomic E-state index is 0.0594. The van der Waals surface area contributed by atoms with Crippen LogP contribution in [-0.4, -0.2) is 48.9 Å². The largest absolute Gasteiger partial charge is 0.368 e. The summed E-state index contributed by atoms with van der Waals surface area (Å²) in [5.74, 6) is -0.0136. The van der Waals surface area contributed by atoms with Gasteiger partial charge < -0.3 is 9.80 Å². The van der Waals surface area contributed by atoms with Gasteiger partial charge in [-0.3, -0.25) is 14.5 Å². The lowest BCUT2D eigenvalue weighted by atomic mass is 10.1. The quantitative estimate of drug-likeness (QED) is 0.836. The molecule has 0 N–H and O–H groups in total. The van der Waals surface area contributed by atoms with Crippen molar-refractivity contribution < 1.29 is 9.59 Å². The molecule has 0 saturated carbocycles. The lowest BCUT2D eigenvalue weighted by Gasteiger charge is -2.38. The Morgan fingerprint density at radius 2 is 1.54 bits per heavy atom. The summed E-state index contributed by atoms with van der Waals surface area (Å²) in [4.78, 5) is 31.2. The van der Waals surface area contributed by atoms with Crippen LogP contribution in [0.5, 0.6) is 0 Å². The topological polar surface area (TPSA) is 43.9 Å². The van der Waals surface area contributed by atoms with Gasteiger partial charge in [0.25, 0.3) is 0 Å². The molecule has 2 aliphatic heterocycles. The van der Waals surface area contributed by atoms with Gasteiger partial charge in [-0.25, -0.2) is 0 Å². The Hall–Kier alpha value is -2.82. The van der Waals surface area contributed by atoms with Crippen molar-refractivity contribution in [3.63, 3.8) is 0 Å². The molecule has 26 heavy (non-hydrogen) atoms. The van der Waals surface area contributed by atoms with Crippen LogP contribution in [0.3, 0.4) is 0 Å². The fourth-order valence-electron chi connectivity index (χ4n) is 4.01. The maximum absolute atomic E-state index is 13.1. The van der Waals surface area contributed by atoms with E-state index >= 15 is 0 Å². The van der Waals surface area contributed by atoms with Gasteiger partial charge in [0.1, 0.15) is 6.04 Å². The summed E-state index contributed by atoms with van der Waals surface area (Å²) in [5.41, 5.74) is 3.14. The smallest absolute Gasteiger partial charge is 0.246 e. The highest BCUT2D eigenvalue weighted by molar-refractivity contribution is 6.02. The Morgan fingerprint density at radius 1 is 0.885 bits per heavy atom. The minimum atomic E-state index is -0.409. The molecule has 0 aromatic heterocycles. The van der Waals surface area contributed by atoms with Crippen molar-refractivity contribution in [1.29, 1.82) is 0 Å². The van der Waals surface area contributed by atoms with Gasteiger partial charge >= 0.3 is 0 Å². The highest BCUT2D eigenvalue weighted by Gasteiger charge is 2.39. The van der Waals surface area contributed by atoms with E-state index in [1.807, 2.05) is 47.4 Å². The molecule has 5 nitrogen and oxygen atoms in total. The van der Waals surface area contributed by atoms with E-state index in [0.717, 1.165) is 24.3 Å². The maximum atomic E-state index is 13.1. The van der Waals surface area contributed by atoms with E-state index < -0.39 is 6.04 Å². The molecule has 2 amide bonds. The van der Waals surface area contributed by atoms with E-state index in [1.165, 1.54) is 12.6 Å². The summed E-state index contributed by atoms with van der Waals surface area (Å²) in [6.45, 7) is 4.54. The number of nitrogens with zero attached hydrogens (tertiary/aromatic N) is 3. The molecular formula is C21H23N3O2. The van der Waals surface area contributed by atoms with Crippen LogP contribution in [0, 0.1) is 0 Å². The Balaban J connectivity index is 1.46. The molecule has 1 saturated heterocycles. The summed E-state index contributed by atoms with van der Waals surface area (Å²) in [6.07, 6.45) is 0.605. The number of anilines is 2. The molecular weight excluding hydrogens is 326 g/mol. The Morgan fingerprint density at radius 3 is 2.23 bits per heavy atom. The predicted octanol–water partition coefficient (Wildman–Crippen LogP) is 2.31. The van der Waals surface area contributed by atoms with Gasteiger partial charge in [0.05, 0.1) is 0 Å². The molecule has 0 aliphatic carbocycles. The molecule has 0 unspecified atom stereocenters. The number of carbonyl (C=O) groups is 2. The molecule has 1 atom stereocenters. The molecule has 1 fully saturated rings. The van der Waals surface area contributed by atoms with Crippen molar-refractivity contribution in [2.75, 3.05) is 36.0 Å². The first-order valence-electron chi connectivity index (χ1n) is 9.11. The third-order valence-electron chi connectivity index (χ3n) is 5.31. The molecule has 5 heteroatoms. The summed E-state index contributed by atoms with van der Waals surface area (Å²) < 4.78 is 0. The number of para-hydroxylation sites is 2. The Kier molecular flexibility index (Phi) is 4.37. The zero-order valence-electron chi connectivity index (χ0n) is 15.0. The molecule has 2 aliphatic rings. The maximum Gasteiger partial charge on any atom is 0.246 e. The van der Waals surface area contributed by atoms with E-state index in [9.17, 15) is 9.59 Å². The van der Waals surface area contributed by atoms with E-state index in [-0.39, 0.29) is 11.8 Å². The number of hydrogen-bond acceptors (Lipinski definition) is 3. The fraction of sp³-hybridized carbons (Fsp3) is 0.333. The minimum Gasteiger partial charge on any atom is -0.368 e. The van der Waals surface area contributed by atoms with Crippen LogP contribution in [0.2, 0.25) is 0 Å². The third kappa shape index (κ3) is 2.94. The van der Waals surface area contributed by atoms with Gasteiger partial charge in [-0.1, -0.05) is 36.4 Å². The number of rotatable bonds is 2. The van der Waals surface area contributed by atoms with Gasteiger partial charge in [-0.15, -0.1) is 0 Å². The molecule has 134 valence electrons. The van der Waals surface area contributed by atoms with Crippen LogP contribution in [0.15, 0.2) is 54.6 Å². The number of benzene rings is 2. The summed E-state index contributed by atoms with van der Waals surface area (Å²) in [6, 6.07) is 17.7. The third-order valence-corrected chi connectivity index (χ3v) is 5.31. The highest BCUT2D eigenvalue weighted by atomic mass is 16.2. The van der Waals surface area contributed by atoms with Crippen LogP contribution in [0.4, 0.5) is 11.4 Å². The van der Waals surface area contributed by atoms with Crippen LogP contribution in [0.1, 0.15) is 12.5 Å².